The van der Waals surface area contributed by atoms with Crippen molar-refractivity contribution in [2.75, 3.05) is 5.32 Å². The SMILES string of the molecule is Cc1cccc(NC(=O)C(C)Cc2ccc(O)c(O)c2)c1. The van der Waals surface area contributed by atoms with Gasteiger partial charge in [0.05, 0.1) is 0 Å². The van der Waals surface area contributed by atoms with Gasteiger partial charge in [0.25, 0.3) is 0 Å². The third-order valence-electron chi connectivity index (χ3n) is 3.31. The number of hydrogen-bond acceptors (Lipinski definition) is 3. The number of rotatable bonds is 4. The van der Waals surface area contributed by atoms with Crippen LogP contribution in [0.5, 0.6) is 11.5 Å². The van der Waals surface area contributed by atoms with Crippen molar-refractivity contribution < 1.29 is 15.0 Å². The molecule has 0 heterocycles. The topological polar surface area (TPSA) is 69.6 Å². The largest absolute Gasteiger partial charge is 0.504 e. The van der Waals surface area contributed by atoms with Crippen LogP contribution >= 0.6 is 0 Å². The number of nitrogens with one attached hydrogen (secondary N) is 1. The summed E-state index contributed by atoms with van der Waals surface area (Å²) in [5, 5.41) is 21.6. The molecular weight excluding hydrogens is 266 g/mol. The molecule has 2 aromatic rings. The van der Waals surface area contributed by atoms with Crippen molar-refractivity contribution >= 4 is 11.6 Å². The summed E-state index contributed by atoms with van der Waals surface area (Å²) in [6, 6.07) is 12.2. The third-order valence-corrected chi connectivity index (χ3v) is 3.31. The van der Waals surface area contributed by atoms with Crippen LogP contribution in [-0.2, 0) is 11.2 Å². The van der Waals surface area contributed by atoms with Gasteiger partial charge in [-0.15, -0.1) is 0 Å². The molecule has 0 aliphatic rings. The molecule has 0 bridgehead atoms. The zero-order chi connectivity index (χ0) is 15.4. The molecule has 110 valence electrons. The van der Waals surface area contributed by atoms with E-state index in [4.69, 9.17) is 0 Å². The first-order valence-corrected chi connectivity index (χ1v) is 6.84. The van der Waals surface area contributed by atoms with Gasteiger partial charge in [-0.05, 0) is 48.7 Å². The predicted molar refractivity (Wildman–Crippen MR) is 82.4 cm³/mol. The fraction of sp³-hybridized carbons (Fsp3) is 0.235. The van der Waals surface area contributed by atoms with Crippen LogP contribution in [0.3, 0.4) is 0 Å². The van der Waals surface area contributed by atoms with Gasteiger partial charge in [-0.3, -0.25) is 4.79 Å². The van der Waals surface area contributed by atoms with E-state index in [0.29, 0.717) is 6.42 Å². The molecule has 1 amide bonds. The standard InChI is InChI=1S/C17H19NO3/c1-11-4-3-5-14(8-11)18-17(21)12(2)9-13-6-7-15(19)16(20)10-13/h3-8,10,12,19-20H,9H2,1-2H3,(H,18,21). The fourth-order valence-corrected chi connectivity index (χ4v) is 2.13. The average Bonchev–Trinajstić information content (AvgIpc) is 2.43. The second kappa shape index (κ2) is 6.31. The van der Waals surface area contributed by atoms with Crippen LogP contribution in [0.1, 0.15) is 18.1 Å². The highest BCUT2D eigenvalue weighted by molar-refractivity contribution is 5.92. The maximum absolute atomic E-state index is 12.2. The Balaban J connectivity index is 2.00. The fourth-order valence-electron chi connectivity index (χ4n) is 2.13. The van der Waals surface area contributed by atoms with E-state index < -0.39 is 0 Å². The van der Waals surface area contributed by atoms with Gasteiger partial charge < -0.3 is 15.5 Å². The monoisotopic (exact) mass is 285 g/mol. The summed E-state index contributed by atoms with van der Waals surface area (Å²) >= 11 is 0. The quantitative estimate of drug-likeness (QED) is 0.755. The minimum absolute atomic E-state index is 0.0758. The Morgan fingerprint density at radius 2 is 1.90 bits per heavy atom. The molecule has 0 spiro atoms. The Kier molecular flexibility index (Phi) is 4.48. The smallest absolute Gasteiger partial charge is 0.227 e. The molecule has 21 heavy (non-hydrogen) atoms. The molecule has 0 aliphatic carbocycles. The molecule has 2 aromatic carbocycles. The van der Waals surface area contributed by atoms with Crippen molar-refractivity contribution in [3.05, 3.63) is 53.6 Å². The first-order valence-electron chi connectivity index (χ1n) is 6.84. The number of benzene rings is 2. The normalized spacial score (nSPS) is 11.9. The lowest BCUT2D eigenvalue weighted by atomic mass is 10.00. The molecule has 1 atom stereocenters. The zero-order valence-corrected chi connectivity index (χ0v) is 12.1. The van der Waals surface area contributed by atoms with Crippen LogP contribution in [0.15, 0.2) is 42.5 Å². The second-order valence-corrected chi connectivity index (χ2v) is 5.29. The van der Waals surface area contributed by atoms with E-state index in [1.54, 1.807) is 6.07 Å². The zero-order valence-electron chi connectivity index (χ0n) is 12.1. The third kappa shape index (κ3) is 3.99. The highest BCUT2D eigenvalue weighted by Gasteiger charge is 2.14. The van der Waals surface area contributed by atoms with Crippen LogP contribution in [0, 0.1) is 12.8 Å². The van der Waals surface area contributed by atoms with Crippen LogP contribution in [0.2, 0.25) is 0 Å². The minimum Gasteiger partial charge on any atom is -0.504 e. The number of aromatic hydroxyl groups is 2. The van der Waals surface area contributed by atoms with Crippen LogP contribution in [0.4, 0.5) is 5.69 Å². The molecule has 0 aliphatic heterocycles. The van der Waals surface area contributed by atoms with E-state index in [9.17, 15) is 15.0 Å². The number of aryl methyl sites for hydroxylation is 1. The molecule has 0 saturated carbocycles. The van der Waals surface area contributed by atoms with Crippen molar-refractivity contribution in [2.45, 2.75) is 20.3 Å². The lowest BCUT2D eigenvalue weighted by molar-refractivity contribution is -0.119. The first kappa shape index (κ1) is 14.9. The maximum Gasteiger partial charge on any atom is 0.227 e. The van der Waals surface area contributed by atoms with E-state index in [0.717, 1.165) is 16.8 Å². The van der Waals surface area contributed by atoms with Crippen molar-refractivity contribution in [1.29, 1.82) is 0 Å². The molecule has 0 saturated heterocycles. The van der Waals surface area contributed by atoms with Crippen LogP contribution in [0.25, 0.3) is 0 Å². The molecule has 0 fully saturated rings. The predicted octanol–water partition coefficient (Wildman–Crippen LogP) is 3.22. The summed E-state index contributed by atoms with van der Waals surface area (Å²) < 4.78 is 0. The number of anilines is 1. The molecule has 4 nitrogen and oxygen atoms in total. The minimum atomic E-state index is -0.241. The van der Waals surface area contributed by atoms with E-state index in [1.165, 1.54) is 12.1 Å². The van der Waals surface area contributed by atoms with Crippen molar-refractivity contribution in [1.82, 2.24) is 0 Å². The van der Waals surface area contributed by atoms with Gasteiger partial charge in [-0.1, -0.05) is 25.1 Å². The summed E-state index contributed by atoms with van der Waals surface area (Å²) in [5.74, 6) is -0.642. The highest BCUT2D eigenvalue weighted by atomic mass is 16.3. The Morgan fingerprint density at radius 1 is 1.14 bits per heavy atom. The number of carbonyl (C=O) groups is 1. The number of hydrogen-bond donors (Lipinski definition) is 3. The number of amides is 1. The number of phenolic OH excluding ortho intramolecular Hbond substituents is 2. The van der Waals surface area contributed by atoms with Gasteiger partial charge in [0.15, 0.2) is 11.5 Å². The second-order valence-electron chi connectivity index (χ2n) is 5.29. The highest BCUT2D eigenvalue weighted by Crippen LogP contribution is 2.26. The molecule has 0 aromatic heterocycles. The van der Waals surface area contributed by atoms with Crippen LogP contribution in [-0.4, -0.2) is 16.1 Å². The molecule has 3 N–H and O–H groups in total. The van der Waals surface area contributed by atoms with Crippen molar-refractivity contribution in [3.8, 4) is 11.5 Å². The van der Waals surface area contributed by atoms with E-state index in [1.807, 2.05) is 38.1 Å². The molecule has 4 heteroatoms. The van der Waals surface area contributed by atoms with Crippen molar-refractivity contribution in [2.24, 2.45) is 5.92 Å². The van der Waals surface area contributed by atoms with Crippen molar-refractivity contribution in [3.63, 3.8) is 0 Å². The molecule has 2 rings (SSSR count). The van der Waals surface area contributed by atoms with Gasteiger partial charge in [0, 0.05) is 11.6 Å². The Hall–Kier alpha value is -2.49. The first-order chi connectivity index (χ1) is 9.95. The van der Waals surface area contributed by atoms with Gasteiger partial charge in [-0.25, -0.2) is 0 Å². The molecular formula is C17H19NO3. The van der Waals surface area contributed by atoms with E-state index >= 15 is 0 Å². The van der Waals surface area contributed by atoms with E-state index in [2.05, 4.69) is 5.32 Å². The van der Waals surface area contributed by atoms with Gasteiger partial charge in [-0.2, -0.15) is 0 Å². The molecule has 1 unspecified atom stereocenters. The summed E-state index contributed by atoms with van der Waals surface area (Å²) in [5.41, 5.74) is 2.67. The lowest BCUT2D eigenvalue weighted by Gasteiger charge is -2.13. The van der Waals surface area contributed by atoms with Crippen LogP contribution < -0.4 is 5.32 Å². The van der Waals surface area contributed by atoms with Gasteiger partial charge >= 0.3 is 0 Å². The number of carbonyl (C=O) groups excluding carboxylic acids is 1. The summed E-state index contributed by atoms with van der Waals surface area (Å²) in [6.45, 7) is 3.80. The Morgan fingerprint density at radius 3 is 2.57 bits per heavy atom. The average molecular weight is 285 g/mol. The van der Waals surface area contributed by atoms with E-state index in [-0.39, 0.29) is 23.3 Å². The summed E-state index contributed by atoms with van der Waals surface area (Å²) in [7, 11) is 0. The summed E-state index contributed by atoms with van der Waals surface area (Å²) in [4.78, 5) is 12.2. The Labute approximate surface area is 124 Å². The van der Waals surface area contributed by atoms with Gasteiger partial charge in [0.2, 0.25) is 5.91 Å². The lowest BCUT2D eigenvalue weighted by Crippen LogP contribution is -2.22. The summed E-state index contributed by atoms with van der Waals surface area (Å²) in [6.07, 6.45) is 0.492. The Bertz CT molecular complexity index is 652. The number of phenols is 2. The maximum atomic E-state index is 12.2. The molecule has 0 radical (unpaired) electrons. The van der Waals surface area contributed by atoms with Gasteiger partial charge in [0.1, 0.15) is 0 Å².